The largest absolute Gasteiger partial charge is 0.273 e. The summed E-state index contributed by atoms with van der Waals surface area (Å²) in [4.78, 5) is 0. The molecule has 0 N–H and O–H groups in total. The molecule has 0 spiro atoms. The van der Waals surface area contributed by atoms with Gasteiger partial charge in [-0.05, 0) is 10.8 Å². The Bertz CT molecular complexity index is 1640. The molecule has 0 atom stereocenters. The molecule has 228 valence electrons. The third-order valence-electron chi connectivity index (χ3n) is 7.25. The van der Waals surface area contributed by atoms with Gasteiger partial charge in [-0.25, -0.2) is 12.2 Å². The molecule has 1 aliphatic rings. The average Bonchev–Trinajstić information content (AvgIpc) is 3.63. The van der Waals surface area contributed by atoms with Crippen LogP contribution in [0.2, 0.25) is 10.0 Å². The summed E-state index contributed by atoms with van der Waals surface area (Å²) >= 11 is 13.3. The van der Waals surface area contributed by atoms with Crippen molar-refractivity contribution < 1.29 is 24.2 Å². The first-order valence-corrected chi connectivity index (χ1v) is 16.3. The predicted octanol–water partition coefficient (Wildman–Crippen LogP) is 12.6. The summed E-state index contributed by atoms with van der Waals surface area (Å²) in [5.74, 6) is 0. The van der Waals surface area contributed by atoms with Crippen molar-refractivity contribution in [3.05, 3.63) is 148 Å². The maximum atomic E-state index is 5.98. The van der Waals surface area contributed by atoms with Crippen molar-refractivity contribution in [3.63, 3.8) is 0 Å². The Morgan fingerprint density at radius 1 is 0.682 bits per heavy atom. The van der Waals surface area contributed by atoms with Gasteiger partial charge in [0.25, 0.3) is 0 Å². The van der Waals surface area contributed by atoms with E-state index in [4.69, 9.17) is 23.2 Å². The minimum atomic E-state index is 0. The third kappa shape index (κ3) is 10.3. The van der Waals surface area contributed by atoms with Gasteiger partial charge in [0, 0.05) is 0 Å². The first kappa shape index (κ1) is 38.3. The molecule has 0 aliphatic heterocycles. The summed E-state index contributed by atoms with van der Waals surface area (Å²) in [6.07, 6.45) is 10.0. The van der Waals surface area contributed by atoms with Crippen LogP contribution in [0.5, 0.6) is 0 Å². The fourth-order valence-electron chi connectivity index (χ4n) is 4.75. The van der Waals surface area contributed by atoms with E-state index in [0.29, 0.717) is 0 Å². The van der Waals surface area contributed by atoms with E-state index in [1.54, 1.807) is 0 Å². The molecule has 0 saturated carbocycles. The smallest absolute Gasteiger partial charge is 0.109 e. The quantitative estimate of drug-likeness (QED) is 0.158. The van der Waals surface area contributed by atoms with Crippen molar-refractivity contribution in [2.75, 3.05) is 0 Å². The van der Waals surface area contributed by atoms with Crippen molar-refractivity contribution in [1.82, 2.24) is 0 Å². The van der Waals surface area contributed by atoms with E-state index in [1.807, 2.05) is 48.6 Å². The van der Waals surface area contributed by atoms with E-state index in [1.165, 1.54) is 60.1 Å². The molecule has 0 saturated heterocycles. The van der Waals surface area contributed by atoms with E-state index in [9.17, 15) is 0 Å². The summed E-state index contributed by atoms with van der Waals surface area (Å²) in [6, 6.07) is 32.0. The summed E-state index contributed by atoms with van der Waals surface area (Å²) in [7, 11) is 0. The van der Waals surface area contributed by atoms with Crippen molar-refractivity contribution in [2.45, 2.75) is 58.8 Å². The Morgan fingerprint density at radius 3 is 1.45 bits per heavy atom. The van der Waals surface area contributed by atoms with Crippen LogP contribution >= 0.6 is 48.0 Å². The van der Waals surface area contributed by atoms with Crippen LogP contribution in [0.15, 0.2) is 109 Å². The summed E-state index contributed by atoms with van der Waals surface area (Å²) in [5, 5.41) is 7.00. The minimum absolute atomic E-state index is 0. The zero-order chi connectivity index (χ0) is 30.5. The molecule has 1 aliphatic carbocycles. The van der Waals surface area contributed by atoms with Crippen LogP contribution < -0.4 is 0 Å². The number of hydrogen-bond donors (Lipinski definition) is 0. The molecule has 6 rings (SSSR count). The maximum absolute atomic E-state index is 5.98. The summed E-state index contributed by atoms with van der Waals surface area (Å²) in [5.41, 5.74) is 5.53. The fraction of sp³-hybridized carbons (Fsp3) is 0.231. The van der Waals surface area contributed by atoms with Crippen molar-refractivity contribution in [1.29, 1.82) is 0 Å². The molecule has 5 aromatic rings. The fourth-order valence-corrected chi connectivity index (χ4v) is 5.90. The van der Waals surface area contributed by atoms with Crippen LogP contribution in [-0.2, 0) is 35.1 Å². The van der Waals surface area contributed by atoms with Crippen LogP contribution in [0.25, 0.3) is 21.5 Å². The number of allylic oxidation sites excluding steroid dienone is 4. The van der Waals surface area contributed by atoms with Crippen LogP contribution in [-0.4, -0.2) is 3.21 Å². The Balaban J connectivity index is 0.000000260. The van der Waals surface area contributed by atoms with E-state index >= 15 is 0 Å². The molecule has 44 heavy (non-hydrogen) atoms. The van der Waals surface area contributed by atoms with Crippen molar-refractivity contribution >= 4 is 72.8 Å². The predicted molar refractivity (Wildman–Crippen MR) is 197 cm³/mol. The molecule has 0 amide bonds. The van der Waals surface area contributed by atoms with E-state index in [2.05, 4.69) is 108 Å². The van der Waals surface area contributed by atoms with Gasteiger partial charge < -0.3 is 0 Å². The summed E-state index contributed by atoms with van der Waals surface area (Å²) in [6.45, 7) is 13.6. The molecule has 0 aromatic heterocycles. The van der Waals surface area contributed by atoms with Gasteiger partial charge >= 0.3 is 120 Å². The number of rotatable bonds is 2. The second-order valence-electron chi connectivity index (χ2n) is 12.6. The van der Waals surface area contributed by atoms with Gasteiger partial charge in [0.2, 0.25) is 0 Å². The van der Waals surface area contributed by atoms with E-state index in [-0.39, 0.29) is 35.6 Å². The van der Waals surface area contributed by atoms with Crippen LogP contribution in [0.4, 0.5) is 0 Å². The number of hydrogen-bond acceptors (Lipinski definition) is 0. The van der Waals surface area contributed by atoms with Crippen molar-refractivity contribution in [3.8, 4) is 0 Å². The Labute approximate surface area is 301 Å². The SMILES string of the molecule is CC(C)(C)c1ccc2c(c1)[cH-]c1cc(C(C)(C)C)ccc12.Cl.Cl.Clc1cccc([C](=[Zr+2])c2cccc(Cl)c2)c1.[C-]1=CC=CC1. The van der Waals surface area contributed by atoms with Gasteiger partial charge in [-0.3, -0.25) is 6.08 Å². The van der Waals surface area contributed by atoms with Gasteiger partial charge in [0.1, 0.15) is 0 Å². The third-order valence-corrected chi connectivity index (χ3v) is 9.14. The van der Waals surface area contributed by atoms with Gasteiger partial charge in [0.05, 0.1) is 0 Å². The zero-order valence-corrected chi connectivity index (χ0v) is 31.8. The molecule has 0 nitrogen and oxygen atoms in total. The monoisotopic (exact) mass is 738 g/mol. The number of fused-ring (bicyclic) bond motifs is 3. The van der Waals surface area contributed by atoms with Crippen LogP contribution in [0.3, 0.4) is 0 Å². The Morgan fingerprint density at radius 2 is 1.14 bits per heavy atom. The van der Waals surface area contributed by atoms with Crippen LogP contribution in [0.1, 0.15) is 70.2 Å². The zero-order valence-electron chi connectivity index (χ0n) is 26.2. The van der Waals surface area contributed by atoms with Gasteiger partial charge in [-0.15, -0.1) is 71.0 Å². The van der Waals surface area contributed by atoms with Gasteiger partial charge in [0.15, 0.2) is 0 Å². The van der Waals surface area contributed by atoms with E-state index in [0.717, 1.165) is 27.6 Å². The van der Waals surface area contributed by atoms with Gasteiger partial charge in [-0.1, -0.05) is 76.9 Å². The number of benzene rings is 4. The Hall–Kier alpha value is -1.86. The normalized spacial score (nSPS) is 12.0. The second kappa shape index (κ2) is 16.6. The molecule has 5 heteroatoms. The first-order chi connectivity index (χ1) is 19.8. The molecule has 0 radical (unpaired) electrons. The standard InChI is InChI=1S/C21H25.C13H8Cl2.C5H5.2ClH.Zr/c1-20(2,3)16-7-9-18-14(12-16)11-15-13-17(21(4,5)6)8-10-19(15)18;14-12-5-1-3-10(8-12)7-11-4-2-6-13(15)9-11;1-2-4-5-3-1;;;/h7-13H,1-6H3;1-6,8-9H;1-3H,4H2;2*1H;/q-1;;-1;;;+2. The van der Waals surface area contributed by atoms with Crippen LogP contribution in [0, 0.1) is 6.08 Å². The molecular weight excluding hydrogens is 701 g/mol. The molecule has 0 bridgehead atoms. The maximum Gasteiger partial charge on any atom is -0.109 e. The molecule has 0 heterocycles. The first-order valence-electron chi connectivity index (χ1n) is 14.3. The topological polar surface area (TPSA) is 0 Å². The van der Waals surface area contributed by atoms with Crippen molar-refractivity contribution in [2.24, 2.45) is 0 Å². The molecule has 5 aromatic carbocycles. The van der Waals surface area contributed by atoms with Gasteiger partial charge in [-0.2, -0.15) is 6.08 Å². The van der Waals surface area contributed by atoms with E-state index < -0.39 is 0 Å². The minimum Gasteiger partial charge on any atom is -0.273 e. The second-order valence-corrected chi connectivity index (χ2v) is 14.7. The summed E-state index contributed by atoms with van der Waals surface area (Å²) < 4.78 is 1.26. The Kier molecular flexibility index (Phi) is 14.5. The average molecular weight is 742 g/mol. The molecular formula is C39H40Cl4Zr. The molecule has 0 fully saturated rings. The molecule has 0 unspecified atom stereocenters. The number of halogens is 4.